The third-order valence-electron chi connectivity index (χ3n) is 2.61. The molecule has 0 fully saturated rings. The Morgan fingerprint density at radius 3 is 1.00 bits per heavy atom. The molecule has 0 aliphatic rings. The molecule has 0 aromatic heterocycles. The summed E-state index contributed by atoms with van der Waals surface area (Å²) < 4.78 is 0. The summed E-state index contributed by atoms with van der Waals surface area (Å²) in [4.78, 5) is 16.5. The topological polar surface area (TPSA) is 80.3 Å². The number of rotatable bonds is 0. The molecule has 21 heavy (non-hydrogen) atoms. The molecule has 0 radical (unpaired) electrons. The van der Waals surface area contributed by atoms with Crippen molar-refractivity contribution in [3.63, 3.8) is 0 Å². The maximum Gasteiger partial charge on any atom is 2.00 e. The van der Waals surface area contributed by atoms with Crippen molar-refractivity contribution in [1.82, 2.24) is 0 Å². The average Bonchev–Trinajstić information content (AvgIpc) is 2.47. The van der Waals surface area contributed by atoms with E-state index < -0.39 is 12.9 Å². The van der Waals surface area contributed by atoms with E-state index in [1.54, 1.807) is 0 Å². The summed E-state index contributed by atoms with van der Waals surface area (Å²) in [5.74, 6) is 0. The van der Waals surface area contributed by atoms with Crippen LogP contribution in [-0.4, -0.2) is 36.0 Å². The van der Waals surface area contributed by atoms with Gasteiger partial charge < -0.3 is 19.8 Å². The van der Waals surface area contributed by atoms with Gasteiger partial charge in [0, 0.05) is 12.9 Å². The van der Waals surface area contributed by atoms with E-state index in [2.05, 4.69) is 60.7 Å². The zero-order valence-corrected chi connectivity index (χ0v) is 12.7. The van der Waals surface area contributed by atoms with E-state index in [-0.39, 0.29) is 23.1 Å². The Morgan fingerprint density at radius 1 is 0.619 bits per heavy atom. The zero-order chi connectivity index (χ0) is 14.8. The first-order chi connectivity index (χ1) is 9.76. The summed E-state index contributed by atoms with van der Waals surface area (Å²) in [6.07, 6.45) is 0. The molecule has 0 amide bonds. The largest absolute Gasteiger partial charge is 2.00 e. The number of carboxylic acid groups (broad SMARTS) is 2. The molecule has 102 valence electrons. The number of carbonyl (C=O) groups is 2. The fourth-order valence-electron chi connectivity index (χ4n) is 1.88. The number of hydrogen-bond donors (Lipinski definition) is 0. The smallest absolute Gasteiger partial charge is 0.554 e. The Labute approximate surface area is 138 Å². The van der Waals surface area contributed by atoms with Gasteiger partial charge in [-0.1, -0.05) is 48.5 Å². The van der Waals surface area contributed by atoms with E-state index in [0.29, 0.717) is 0 Å². The van der Waals surface area contributed by atoms with Gasteiger partial charge in [0.2, 0.25) is 0 Å². The molecule has 0 saturated heterocycles. The first-order valence-electron chi connectivity index (χ1n) is 5.75. The SMILES string of the molecule is O=C[O-].O=C[O-].[Mg+2].c1ccc2cc3ccccc3cc2c1. The van der Waals surface area contributed by atoms with E-state index in [0.717, 1.165) is 0 Å². The summed E-state index contributed by atoms with van der Waals surface area (Å²) in [6.45, 7) is -1.00. The van der Waals surface area contributed by atoms with E-state index in [1.807, 2.05) is 0 Å². The predicted octanol–water partition coefficient (Wildman–Crippen LogP) is 0.344. The molecular weight excluding hydrogens is 280 g/mol. The summed E-state index contributed by atoms with van der Waals surface area (Å²) in [7, 11) is 0. The van der Waals surface area contributed by atoms with Crippen LogP contribution in [0.15, 0.2) is 60.7 Å². The van der Waals surface area contributed by atoms with Crippen molar-refractivity contribution in [1.29, 1.82) is 0 Å². The summed E-state index contributed by atoms with van der Waals surface area (Å²) in [6, 6.07) is 21.4. The molecule has 0 N–H and O–H groups in total. The van der Waals surface area contributed by atoms with Crippen LogP contribution in [0, 0.1) is 0 Å². The van der Waals surface area contributed by atoms with Gasteiger partial charge >= 0.3 is 23.1 Å². The molecule has 0 aliphatic heterocycles. The van der Waals surface area contributed by atoms with E-state index >= 15 is 0 Å². The fourth-order valence-corrected chi connectivity index (χ4v) is 1.88. The van der Waals surface area contributed by atoms with Crippen molar-refractivity contribution in [3.05, 3.63) is 60.7 Å². The molecule has 0 bridgehead atoms. The minimum atomic E-state index is -0.500. The molecule has 5 heteroatoms. The van der Waals surface area contributed by atoms with Gasteiger partial charge in [0.1, 0.15) is 0 Å². The van der Waals surface area contributed by atoms with Crippen LogP contribution in [-0.2, 0) is 9.59 Å². The van der Waals surface area contributed by atoms with Gasteiger partial charge in [0.25, 0.3) is 0 Å². The Kier molecular flexibility index (Phi) is 9.58. The molecule has 0 unspecified atom stereocenters. The van der Waals surface area contributed by atoms with Gasteiger partial charge in [-0.05, 0) is 33.7 Å². The number of fused-ring (bicyclic) bond motifs is 2. The van der Waals surface area contributed by atoms with Crippen LogP contribution in [0.1, 0.15) is 0 Å². The van der Waals surface area contributed by atoms with Crippen molar-refractivity contribution >= 4 is 57.5 Å². The summed E-state index contributed by atoms with van der Waals surface area (Å²) in [5, 5.41) is 21.7. The van der Waals surface area contributed by atoms with Crippen LogP contribution in [0.25, 0.3) is 21.5 Å². The normalized spacial score (nSPS) is 8.38. The van der Waals surface area contributed by atoms with E-state index in [4.69, 9.17) is 19.8 Å². The molecule has 0 atom stereocenters. The maximum atomic E-state index is 8.25. The molecule has 0 heterocycles. The van der Waals surface area contributed by atoms with Gasteiger partial charge in [-0.2, -0.15) is 0 Å². The van der Waals surface area contributed by atoms with Crippen molar-refractivity contribution in [3.8, 4) is 0 Å². The molecule has 0 aliphatic carbocycles. The van der Waals surface area contributed by atoms with Gasteiger partial charge in [-0.3, -0.25) is 0 Å². The summed E-state index contributed by atoms with van der Waals surface area (Å²) in [5.41, 5.74) is 0. The fraction of sp³-hybridized carbons (Fsp3) is 0. The van der Waals surface area contributed by atoms with Crippen LogP contribution in [0.3, 0.4) is 0 Å². The summed E-state index contributed by atoms with van der Waals surface area (Å²) >= 11 is 0. The molecule has 3 aromatic rings. The van der Waals surface area contributed by atoms with Crippen LogP contribution in [0.4, 0.5) is 0 Å². The molecule has 0 saturated carbocycles. The van der Waals surface area contributed by atoms with Crippen molar-refractivity contribution in [2.75, 3.05) is 0 Å². The van der Waals surface area contributed by atoms with Crippen LogP contribution < -0.4 is 10.2 Å². The monoisotopic (exact) mass is 292 g/mol. The van der Waals surface area contributed by atoms with Gasteiger partial charge in [0.05, 0.1) is 0 Å². The predicted molar refractivity (Wildman–Crippen MR) is 79.3 cm³/mol. The van der Waals surface area contributed by atoms with Gasteiger partial charge in [-0.15, -0.1) is 0 Å². The Morgan fingerprint density at radius 2 is 0.810 bits per heavy atom. The molecule has 3 aromatic carbocycles. The maximum absolute atomic E-state index is 8.25. The first kappa shape index (κ1) is 18.9. The van der Waals surface area contributed by atoms with Crippen LogP contribution in [0.2, 0.25) is 0 Å². The van der Waals surface area contributed by atoms with Crippen molar-refractivity contribution in [2.45, 2.75) is 0 Å². The van der Waals surface area contributed by atoms with Crippen LogP contribution >= 0.6 is 0 Å². The third kappa shape index (κ3) is 5.80. The van der Waals surface area contributed by atoms with Gasteiger partial charge in [-0.25, -0.2) is 0 Å². The Balaban J connectivity index is 0.000000502. The molecule has 0 spiro atoms. The molecular formula is C16H12MgO4. The van der Waals surface area contributed by atoms with Crippen molar-refractivity contribution in [2.24, 2.45) is 0 Å². The second kappa shape index (κ2) is 10.6. The molecule has 3 rings (SSSR count). The van der Waals surface area contributed by atoms with E-state index in [9.17, 15) is 0 Å². The van der Waals surface area contributed by atoms with Gasteiger partial charge in [0.15, 0.2) is 0 Å². The van der Waals surface area contributed by atoms with Crippen molar-refractivity contribution < 1.29 is 19.8 Å². The number of benzene rings is 3. The van der Waals surface area contributed by atoms with Crippen LogP contribution in [0.5, 0.6) is 0 Å². The second-order valence-corrected chi connectivity index (χ2v) is 3.74. The zero-order valence-electron chi connectivity index (χ0n) is 11.3. The number of hydrogen-bond acceptors (Lipinski definition) is 4. The first-order valence-corrected chi connectivity index (χ1v) is 5.75. The minimum Gasteiger partial charge on any atom is -0.554 e. The quantitative estimate of drug-likeness (QED) is 0.340. The Bertz CT molecular complexity index is 587. The third-order valence-corrected chi connectivity index (χ3v) is 2.61. The molecule has 4 nitrogen and oxygen atoms in total. The second-order valence-electron chi connectivity index (χ2n) is 3.74. The Hall–Kier alpha value is -2.11. The average molecular weight is 293 g/mol. The standard InChI is InChI=1S/C14H10.2CH2O2.Mg/c1-2-6-12-10-14-8-4-3-7-13(14)9-11(12)5-1;2*2-1-3;/h1-10H;2*1H,(H,2,3);/q;;;+2/p-2. The minimum absolute atomic E-state index is 0. The van der Waals surface area contributed by atoms with E-state index in [1.165, 1.54) is 21.5 Å². The number of carbonyl (C=O) groups excluding carboxylic acids is 2.